The summed E-state index contributed by atoms with van der Waals surface area (Å²) in [5, 5.41) is 21.0. The van der Waals surface area contributed by atoms with Crippen molar-refractivity contribution in [2.75, 3.05) is 0 Å². The summed E-state index contributed by atoms with van der Waals surface area (Å²) in [5.41, 5.74) is 1.26. The molecule has 3 aromatic rings. The molecule has 6 heteroatoms. The molecule has 1 aromatic carbocycles. The minimum Gasteiger partial charge on any atom is -0.504 e. The van der Waals surface area contributed by atoms with Crippen molar-refractivity contribution in [2.24, 2.45) is 0 Å². The number of aromatic nitrogens is 2. The van der Waals surface area contributed by atoms with E-state index < -0.39 is 11.6 Å². The second-order valence-corrected chi connectivity index (χ2v) is 5.13. The number of rotatable bonds is 1. The van der Waals surface area contributed by atoms with E-state index in [9.17, 15) is 19.8 Å². The van der Waals surface area contributed by atoms with Crippen LogP contribution in [0.5, 0.6) is 11.5 Å². The molecule has 0 saturated heterocycles. The highest BCUT2D eigenvalue weighted by Gasteiger charge is 2.25. The highest BCUT2D eigenvalue weighted by Crippen LogP contribution is 2.31. The number of carbonyl (C=O) groups is 2. The number of H-pyrrole nitrogens is 2. The van der Waals surface area contributed by atoms with Gasteiger partial charge < -0.3 is 20.2 Å². The zero-order chi connectivity index (χ0) is 15.4. The SMILES string of the molecule is O=C1C=c2cc[nH]c2=C(c2cc3cc(O)c(O)cc3[nH]2)C1=O. The first-order valence-corrected chi connectivity index (χ1v) is 6.58. The number of benzene rings is 1. The standard InChI is InChI=1S/C16H10N2O4/c19-11-5-8-3-10(18-9(8)6-12(11)20)14-15-7(1-2-17-15)4-13(21)16(14)22/h1-6,17-20H. The predicted octanol–water partition coefficient (Wildman–Crippen LogP) is 0.0385. The van der Waals surface area contributed by atoms with Crippen LogP contribution in [0.1, 0.15) is 5.69 Å². The van der Waals surface area contributed by atoms with Gasteiger partial charge in [-0.05, 0) is 24.3 Å². The topological polar surface area (TPSA) is 106 Å². The summed E-state index contributed by atoms with van der Waals surface area (Å²) in [6, 6.07) is 6.14. The molecule has 2 heterocycles. The number of hydrogen-bond donors (Lipinski definition) is 4. The maximum atomic E-state index is 12.2. The lowest BCUT2D eigenvalue weighted by Crippen LogP contribution is -2.37. The van der Waals surface area contributed by atoms with Gasteiger partial charge in [0.15, 0.2) is 11.5 Å². The van der Waals surface area contributed by atoms with E-state index in [2.05, 4.69) is 9.97 Å². The van der Waals surface area contributed by atoms with E-state index in [1.807, 2.05) is 0 Å². The van der Waals surface area contributed by atoms with Gasteiger partial charge in [-0.25, -0.2) is 0 Å². The maximum Gasteiger partial charge on any atom is 0.237 e. The fourth-order valence-corrected chi connectivity index (χ4v) is 2.71. The van der Waals surface area contributed by atoms with Crippen LogP contribution < -0.4 is 10.6 Å². The first-order valence-electron chi connectivity index (χ1n) is 6.58. The number of aromatic amines is 2. The molecule has 0 bridgehead atoms. The predicted molar refractivity (Wildman–Crippen MR) is 78.7 cm³/mol. The van der Waals surface area contributed by atoms with Gasteiger partial charge in [0.1, 0.15) is 0 Å². The summed E-state index contributed by atoms with van der Waals surface area (Å²) >= 11 is 0. The molecule has 0 radical (unpaired) electrons. The minimum absolute atomic E-state index is 0.247. The molecule has 0 spiro atoms. The molecule has 22 heavy (non-hydrogen) atoms. The maximum absolute atomic E-state index is 12.2. The monoisotopic (exact) mass is 294 g/mol. The number of phenols is 2. The molecule has 6 nitrogen and oxygen atoms in total. The van der Waals surface area contributed by atoms with Gasteiger partial charge in [0.25, 0.3) is 0 Å². The van der Waals surface area contributed by atoms with E-state index in [0.29, 0.717) is 27.2 Å². The summed E-state index contributed by atoms with van der Waals surface area (Å²) in [7, 11) is 0. The van der Waals surface area contributed by atoms with E-state index >= 15 is 0 Å². The van der Waals surface area contributed by atoms with Crippen LogP contribution in [-0.2, 0) is 9.59 Å². The zero-order valence-corrected chi connectivity index (χ0v) is 11.2. The van der Waals surface area contributed by atoms with Gasteiger partial charge in [0.05, 0.1) is 16.6 Å². The summed E-state index contributed by atoms with van der Waals surface area (Å²) in [6.07, 6.45) is 2.96. The average Bonchev–Trinajstić information content (AvgIpc) is 3.07. The van der Waals surface area contributed by atoms with Gasteiger partial charge in [-0.15, -0.1) is 0 Å². The molecule has 0 aliphatic heterocycles. The second-order valence-electron chi connectivity index (χ2n) is 5.13. The number of phenolic OH excluding ortho intramolecular Hbond substituents is 2. The lowest BCUT2D eigenvalue weighted by Gasteiger charge is -2.05. The molecular formula is C16H10N2O4. The van der Waals surface area contributed by atoms with E-state index in [4.69, 9.17) is 0 Å². The molecular weight excluding hydrogens is 284 g/mol. The number of fused-ring (bicyclic) bond motifs is 2. The Balaban J connectivity index is 2.07. The molecule has 1 aliphatic rings. The molecule has 4 N–H and O–H groups in total. The molecule has 108 valence electrons. The van der Waals surface area contributed by atoms with Crippen LogP contribution in [0, 0.1) is 0 Å². The fourth-order valence-electron chi connectivity index (χ4n) is 2.71. The summed E-state index contributed by atoms with van der Waals surface area (Å²) < 4.78 is 0. The molecule has 0 unspecified atom stereocenters. The highest BCUT2D eigenvalue weighted by molar-refractivity contribution is 6.61. The van der Waals surface area contributed by atoms with Gasteiger partial charge in [-0.2, -0.15) is 0 Å². The number of Topliss-reactive ketones (excluding diaryl/α,β-unsaturated/α-hetero) is 2. The molecule has 0 saturated carbocycles. The molecule has 0 amide bonds. The normalized spacial score (nSPS) is 14.3. The molecule has 2 aromatic heterocycles. The quantitative estimate of drug-likeness (QED) is 0.375. The van der Waals surface area contributed by atoms with Crippen molar-refractivity contribution in [2.45, 2.75) is 0 Å². The molecule has 4 rings (SSSR count). The summed E-state index contributed by atoms with van der Waals surface area (Å²) in [5.74, 6) is -1.68. The van der Waals surface area contributed by atoms with Gasteiger partial charge in [0, 0.05) is 28.4 Å². The van der Waals surface area contributed by atoms with Gasteiger partial charge in [0.2, 0.25) is 11.6 Å². The van der Waals surface area contributed by atoms with Crippen LogP contribution in [-0.4, -0.2) is 31.7 Å². The van der Waals surface area contributed by atoms with Gasteiger partial charge >= 0.3 is 0 Å². The lowest BCUT2D eigenvalue weighted by atomic mass is 9.99. The Morgan fingerprint density at radius 1 is 1.00 bits per heavy atom. The van der Waals surface area contributed by atoms with Crippen molar-refractivity contribution in [3.05, 3.63) is 46.7 Å². The number of ketones is 2. The Labute approximate surface area is 123 Å². The number of aromatic hydroxyl groups is 2. The highest BCUT2D eigenvalue weighted by atomic mass is 16.3. The third-order valence-corrected chi connectivity index (χ3v) is 3.75. The number of carbonyl (C=O) groups excluding carboxylic acids is 2. The number of hydrogen-bond acceptors (Lipinski definition) is 4. The van der Waals surface area contributed by atoms with Gasteiger partial charge in [-0.3, -0.25) is 9.59 Å². The second kappa shape index (κ2) is 4.11. The summed E-state index contributed by atoms with van der Waals surface area (Å²) in [4.78, 5) is 30.0. The van der Waals surface area contributed by atoms with Crippen LogP contribution in [0.3, 0.4) is 0 Å². The van der Waals surface area contributed by atoms with Gasteiger partial charge in [-0.1, -0.05) is 0 Å². The third-order valence-electron chi connectivity index (χ3n) is 3.75. The minimum atomic E-state index is -0.602. The fraction of sp³-hybridized carbons (Fsp3) is 0. The molecule has 1 aliphatic carbocycles. The first kappa shape index (κ1) is 12.5. The smallest absolute Gasteiger partial charge is 0.237 e. The van der Waals surface area contributed by atoms with Crippen LogP contribution in [0.15, 0.2) is 30.5 Å². The Morgan fingerprint density at radius 2 is 1.77 bits per heavy atom. The Morgan fingerprint density at radius 3 is 2.59 bits per heavy atom. The van der Waals surface area contributed by atoms with Crippen molar-refractivity contribution >= 4 is 34.1 Å². The number of nitrogens with one attached hydrogen (secondary N) is 2. The lowest BCUT2D eigenvalue weighted by molar-refractivity contribution is -0.129. The Bertz CT molecular complexity index is 1050. The first-order chi connectivity index (χ1) is 10.5. The zero-order valence-electron chi connectivity index (χ0n) is 11.2. The Hall–Kier alpha value is -3.28. The van der Waals surface area contributed by atoms with E-state index in [1.165, 1.54) is 18.2 Å². The summed E-state index contributed by atoms with van der Waals surface area (Å²) in [6.45, 7) is 0. The third kappa shape index (κ3) is 1.61. The van der Waals surface area contributed by atoms with Crippen molar-refractivity contribution < 1.29 is 19.8 Å². The van der Waals surface area contributed by atoms with Crippen molar-refractivity contribution in [1.82, 2.24) is 9.97 Å². The van der Waals surface area contributed by atoms with Crippen LogP contribution in [0.4, 0.5) is 0 Å². The van der Waals surface area contributed by atoms with Crippen LogP contribution in [0.2, 0.25) is 0 Å². The Kier molecular flexibility index (Phi) is 2.33. The van der Waals surface area contributed by atoms with Crippen LogP contribution in [0.25, 0.3) is 22.6 Å². The van der Waals surface area contributed by atoms with Crippen LogP contribution >= 0.6 is 0 Å². The largest absolute Gasteiger partial charge is 0.504 e. The average molecular weight is 294 g/mol. The van der Waals surface area contributed by atoms with Crippen molar-refractivity contribution in [3.63, 3.8) is 0 Å². The van der Waals surface area contributed by atoms with E-state index in [-0.39, 0.29) is 17.1 Å². The van der Waals surface area contributed by atoms with Crippen molar-refractivity contribution in [1.29, 1.82) is 0 Å². The molecule has 0 fully saturated rings. The van der Waals surface area contributed by atoms with E-state index in [1.54, 1.807) is 18.3 Å². The molecule has 0 atom stereocenters. The van der Waals surface area contributed by atoms with E-state index in [0.717, 1.165) is 0 Å². The van der Waals surface area contributed by atoms with Crippen molar-refractivity contribution in [3.8, 4) is 11.5 Å².